The van der Waals surface area contributed by atoms with Crippen LogP contribution in [0.25, 0.3) is 22.2 Å². The van der Waals surface area contributed by atoms with Crippen molar-refractivity contribution in [3.8, 4) is 11.1 Å². The molecule has 4 rings (SSSR count). The van der Waals surface area contributed by atoms with E-state index in [1.165, 1.54) is 12.1 Å². The molecule has 2 atom stereocenters. The van der Waals surface area contributed by atoms with Gasteiger partial charge in [0.05, 0.1) is 23.5 Å². The van der Waals surface area contributed by atoms with Crippen molar-refractivity contribution in [2.75, 3.05) is 6.54 Å². The molecule has 3 aromatic rings. The second-order valence-electron chi connectivity index (χ2n) is 7.18. The molecule has 0 aliphatic carbocycles. The summed E-state index contributed by atoms with van der Waals surface area (Å²) < 4.78 is 15.8. The van der Waals surface area contributed by atoms with Crippen molar-refractivity contribution in [3.05, 3.63) is 53.6 Å². The zero-order chi connectivity index (χ0) is 18.8. The summed E-state index contributed by atoms with van der Waals surface area (Å²) in [6.45, 7) is 1.75. The van der Waals surface area contributed by atoms with Crippen LogP contribution in [0.2, 0.25) is 5.02 Å². The summed E-state index contributed by atoms with van der Waals surface area (Å²) in [4.78, 5) is 4.49. The van der Waals surface area contributed by atoms with Crippen LogP contribution in [0.4, 0.5) is 4.39 Å². The van der Waals surface area contributed by atoms with E-state index in [-0.39, 0.29) is 42.8 Å². The molecule has 1 fully saturated rings. The Morgan fingerprint density at radius 2 is 2.07 bits per heavy atom. The quantitative estimate of drug-likeness (QED) is 0.548. The largest absolute Gasteiger partial charge is 0.392 e. The summed E-state index contributed by atoms with van der Waals surface area (Å²) >= 11 is 6.27. The smallest absolute Gasteiger partial charge is 0.123 e. The normalized spacial score (nSPS) is 18.9. The van der Waals surface area contributed by atoms with Crippen molar-refractivity contribution in [2.45, 2.75) is 44.4 Å². The van der Waals surface area contributed by atoms with Crippen molar-refractivity contribution in [2.24, 2.45) is 0 Å². The first-order valence-electron chi connectivity index (χ1n) is 9.43. The molecule has 2 unspecified atom stereocenters. The number of hydrogen-bond donors (Lipinski definition) is 2. The predicted molar refractivity (Wildman–Crippen MR) is 121 cm³/mol. The Kier molecular flexibility index (Phi) is 8.73. The molecule has 8 heteroatoms. The number of nitrogens with one attached hydrogen (secondary N) is 1. The topological polar surface area (TPSA) is 50.1 Å². The Balaban J connectivity index is 0.00000150. The molecule has 29 heavy (non-hydrogen) atoms. The van der Waals surface area contributed by atoms with Gasteiger partial charge in [-0.15, -0.1) is 24.8 Å². The Morgan fingerprint density at radius 3 is 2.83 bits per heavy atom. The number of halogens is 4. The number of aromatic nitrogens is 2. The molecule has 1 saturated heterocycles. The average molecular weight is 461 g/mol. The highest BCUT2D eigenvalue weighted by Crippen LogP contribution is 2.32. The lowest BCUT2D eigenvalue weighted by Gasteiger charge is -2.29. The van der Waals surface area contributed by atoms with Crippen molar-refractivity contribution in [3.63, 3.8) is 0 Å². The molecule has 2 aromatic carbocycles. The molecule has 0 amide bonds. The number of imidazole rings is 1. The SMILES string of the molecule is Cl.Cl.OC1CCCNC1CCCn1cnc2cc(Cl)cc(-c3cccc(F)c3)c21. The molecule has 158 valence electrons. The molecule has 1 aromatic heterocycles. The molecule has 0 radical (unpaired) electrons. The Morgan fingerprint density at radius 1 is 1.24 bits per heavy atom. The average Bonchev–Trinajstić information content (AvgIpc) is 3.05. The van der Waals surface area contributed by atoms with Crippen LogP contribution in [0.3, 0.4) is 0 Å². The van der Waals surface area contributed by atoms with E-state index in [9.17, 15) is 9.50 Å². The lowest BCUT2D eigenvalue weighted by Crippen LogP contribution is -2.44. The summed E-state index contributed by atoms with van der Waals surface area (Å²) in [5.74, 6) is -0.274. The Labute approximate surface area is 187 Å². The third kappa shape index (κ3) is 5.41. The standard InChI is InChI=1S/C21H23ClFN3O.2ClH/c22-15-11-17(14-4-1-5-16(23)10-14)21-19(12-15)25-13-26(21)9-3-6-18-20(27)7-2-8-24-18;;/h1,4-5,10-13,18,20,24,27H,2-3,6-9H2;2*1H. The van der Waals surface area contributed by atoms with Crippen LogP contribution in [-0.4, -0.2) is 33.3 Å². The van der Waals surface area contributed by atoms with Crippen LogP contribution < -0.4 is 5.32 Å². The molecule has 1 aliphatic rings. The zero-order valence-electron chi connectivity index (χ0n) is 15.9. The maximum absolute atomic E-state index is 13.7. The molecule has 2 heterocycles. The van der Waals surface area contributed by atoms with Gasteiger partial charge in [-0.05, 0) is 62.1 Å². The van der Waals surface area contributed by atoms with Gasteiger partial charge in [0.15, 0.2) is 0 Å². The number of nitrogens with zero attached hydrogens (tertiary/aromatic N) is 2. The van der Waals surface area contributed by atoms with Crippen molar-refractivity contribution in [1.29, 1.82) is 0 Å². The van der Waals surface area contributed by atoms with Crippen LogP contribution in [-0.2, 0) is 6.54 Å². The number of fused-ring (bicyclic) bond motifs is 1. The number of aliphatic hydroxyl groups excluding tert-OH is 1. The highest BCUT2D eigenvalue weighted by atomic mass is 35.5. The number of aliphatic hydroxyl groups is 1. The van der Waals surface area contributed by atoms with E-state index in [0.717, 1.165) is 60.9 Å². The summed E-state index contributed by atoms with van der Waals surface area (Å²) in [6.07, 6.45) is 5.28. The van der Waals surface area contributed by atoms with E-state index >= 15 is 0 Å². The van der Waals surface area contributed by atoms with Gasteiger partial charge in [0, 0.05) is 23.2 Å². The predicted octanol–water partition coefficient (Wildman–Crippen LogP) is 5.23. The van der Waals surface area contributed by atoms with Crippen LogP contribution in [0.5, 0.6) is 0 Å². The van der Waals surface area contributed by atoms with E-state index in [0.29, 0.717) is 5.02 Å². The minimum Gasteiger partial charge on any atom is -0.392 e. The lowest BCUT2D eigenvalue weighted by molar-refractivity contribution is 0.0909. The van der Waals surface area contributed by atoms with Crippen molar-refractivity contribution >= 4 is 47.4 Å². The monoisotopic (exact) mass is 459 g/mol. The number of rotatable bonds is 5. The van der Waals surface area contributed by atoms with Gasteiger partial charge in [-0.3, -0.25) is 0 Å². The molecule has 0 spiro atoms. The fraction of sp³-hybridized carbons (Fsp3) is 0.381. The molecule has 1 aliphatic heterocycles. The third-order valence-corrected chi connectivity index (χ3v) is 5.49. The molecule has 0 bridgehead atoms. The number of hydrogen-bond acceptors (Lipinski definition) is 3. The fourth-order valence-electron chi connectivity index (χ4n) is 3.93. The summed E-state index contributed by atoms with van der Waals surface area (Å²) in [7, 11) is 0. The summed E-state index contributed by atoms with van der Waals surface area (Å²) in [6, 6.07) is 10.4. The van der Waals surface area contributed by atoms with Gasteiger partial charge in [0.25, 0.3) is 0 Å². The first-order valence-corrected chi connectivity index (χ1v) is 9.81. The first kappa shape index (κ1) is 23.9. The summed E-state index contributed by atoms with van der Waals surface area (Å²) in [5, 5.41) is 14.1. The summed E-state index contributed by atoms with van der Waals surface area (Å²) in [5.41, 5.74) is 3.43. The number of aryl methyl sites for hydroxylation is 1. The van der Waals surface area contributed by atoms with Gasteiger partial charge in [0.2, 0.25) is 0 Å². The first-order chi connectivity index (χ1) is 13.1. The maximum Gasteiger partial charge on any atom is 0.123 e. The second-order valence-corrected chi connectivity index (χ2v) is 7.62. The van der Waals surface area contributed by atoms with Crippen molar-refractivity contribution < 1.29 is 9.50 Å². The van der Waals surface area contributed by atoms with Crippen LogP contribution in [0, 0.1) is 5.82 Å². The number of benzene rings is 2. The minimum absolute atomic E-state index is 0. The van der Waals surface area contributed by atoms with Gasteiger partial charge in [-0.25, -0.2) is 9.37 Å². The van der Waals surface area contributed by atoms with Gasteiger partial charge in [-0.1, -0.05) is 23.7 Å². The van der Waals surface area contributed by atoms with Crippen LogP contribution in [0.1, 0.15) is 25.7 Å². The van der Waals surface area contributed by atoms with Crippen LogP contribution in [0.15, 0.2) is 42.7 Å². The Bertz CT molecular complexity index is 950. The van der Waals surface area contributed by atoms with Gasteiger partial charge >= 0.3 is 0 Å². The van der Waals surface area contributed by atoms with Gasteiger partial charge in [0.1, 0.15) is 5.82 Å². The fourth-order valence-corrected chi connectivity index (χ4v) is 4.14. The molecule has 0 saturated carbocycles. The Hall–Kier alpha value is -1.37. The van der Waals surface area contributed by atoms with E-state index in [1.54, 1.807) is 6.07 Å². The van der Waals surface area contributed by atoms with Gasteiger partial charge < -0.3 is 15.0 Å². The second kappa shape index (κ2) is 10.6. The maximum atomic E-state index is 13.7. The highest BCUT2D eigenvalue weighted by molar-refractivity contribution is 6.31. The van der Waals surface area contributed by atoms with Gasteiger partial charge in [-0.2, -0.15) is 0 Å². The molecular weight excluding hydrogens is 436 g/mol. The van der Waals surface area contributed by atoms with E-state index in [1.807, 2.05) is 24.5 Å². The van der Waals surface area contributed by atoms with E-state index in [4.69, 9.17) is 11.6 Å². The zero-order valence-corrected chi connectivity index (χ0v) is 18.2. The lowest BCUT2D eigenvalue weighted by atomic mass is 9.97. The van der Waals surface area contributed by atoms with Crippen LogP contribution >= 0.6 is 36.4 Å². The number of piperidine rings is 1. The minimum atomic E-state index is -0.274. The molecular formula is C21H25Cl3FN3O. The molecule has 4 nitrogen and oxygen atoms in total. The van der Waals surface area contributed by atoms with E-state index in [2.05, 4.69) is 14.9 Å². The molecule has 2 N–H and O–H groups in total. The third-order valence-electron chi connectivity index (χ3n) is 5.28. The van der Waals surface area contributed by atoms with Crippen molar-refractivity contribution in [1.82, 2.24) is 14.9 Å². The van der Waals surface area contributed by atoms with E-state index < -0.39 is 0 Å². The highest BCUT2D eigenvalue weighted by Gasteiger charge is 2.22.